The summed E-state index contributed by atoms with van der Waals surface area (Å²) in [6, 6.07) is -4.68. The molecule has 174 valence electrons. The number of nitrogens with one attached hydrogen (secondary N) is 4. The zero-order valence-electron chi connectivity index (χ0n) is 17.4. The van der Waals surface area contributed by atoms with E-state index in [1.165, 1.54) is 12.5 Å². The van der Waals surface area contributed by atoms with E-state index >= 15 is 0 Å². The van der Waals surface area contributed by atoms with Crippen molar-refractivity contribution in [2.75, 3.05) is 12.4 Å². The number of aromatic amines is 1. The van der Waals surface area contributed by atoms with Gasteiger partial charge in [-0.15, -0.1) is 0 Å². The summed E-state index contributed by atoms with van der Waals surface area (Å²) in [7, 11) is 0. The molecule has 0 spiro atoms. The molecule has 1 rings (SSSR count). The lowest BCUT2D eigenvalue weighted by molar-refractivity contribution is -0.143. The molecule has 0 saturated heterocycles. The summed E-state index contributed by atoms with van der Waals surface area (Å²) in [6.07, 6.45) is 3.05. The normalized spacial score (nSPS) is 14.9. The first-order chi connectivity index (χ1) is 14.6. The van der Waals surface area contributed by atoms with E-state index < -0.39 is 54.5 Å². The van der Waals surface area contributed by atoms with Crippen LogP contribution >= 0.6 is 12.6 Å². The fourth-order valence-electron chi connectivity index (χ4n) is 2.62. The van der Waals surface area contributed by atoms with Crippen molar-refractivity contribution in [1.29, 1.82) is 0 Å². The Hall–Kier alpha value is -2.64. The first kappa shape index (κ1) is 26.4. The highest BCUT2D eigenvalue weighted by Gasteiger charge is 2.30. The van der Waals surface area contributed by atoms with Crippen molar-refractivity contribution >= 4 is 36.3 Å². The molecule has 4 atom stereocenters. The summed E-state index contributed by atoms with van der Waals surface area (Å²) in [5.41, 5.74) is 6.17. The maximum absolute atomic E-state index is 12.8. The summed E-state index contributed by atoms with van der Waals surface area (Å²) >= 11 is 3.95. The van der Waals surface area contributed by atoms with Gasteiger partial charge in [-0.3, -0.25) is 14.4 Å². The molecule has 4 unspecified atom stereocenters. The second-order valence-electron chi connectivity index (χ2n) is 7.40. The molecule has 1 aromatic heterocycles. The van der Waals surface area contributed by atoms with Gasteiger partial charge in [-0.05, 0) is 12.3 Å². The van der Waals surface area contributed by atoms with E-state index in [1.54, 1.807) is 13.8 Å². The number of nitrogens with two attached hydrogens (primary N) is 1. The molecule has 3 amide bonds. The van der Waals surface area contributed by atoms with Gasteiger partial charge in [-0.2, -0.15) is 12.6 Å². The molecule has 12 nitrogen and oxygen atoms in total. The summed E-state index contributed by atoms with van der Waals surface area (Å²) in [5, 5.41) is 26.0. The molecule has 0 bridgehead atoms. The molecule has 1 aromatic rings. The molecule has 31 heavy (non-hydrogen) atoms. The van der Waals surface area contributed by atoms with Crippen LogP contribution in [0.3, 0.4) is 0 Å². The van der Waals surface area contributed by atoms with Gasteiger partial charge >= 0.3 is 5.97 Å². The number of thiol groups is 1. The Labute approximate surface area is 185 Å². The predicted molar refractivity (Wildman–Crippen MR) is 114 cm³/mol. The number of amides is 3. The molecule has 0 fully saturated rings. The van der Waals surface area contributed by atoms with Crippen LogP contribution in [0, 0.1) is 5.92 Å². The van der Waals surface area contributed by atoms with Gasteiger partial charge < -0.3 is 36.9 Å². The number of carbonyl (C=O) groups excluding carboxylic acids is 3. The topological polar surface area (TPSA) is 200 Å². The predicted octanol–water partition coefficient (Wildman–Crippen LogP) is -2.21. The fraction of sp³-hybridized carbons (Fsp3) is 0.611. The molecule has 0 aliphatic carbocycles. The number of carbonyl (C=O) groups is 4. The molecule has 8 N–H and O–H groups in total. The van der Waals surface area contributed by atoms with E-state index in [1.807, 2.05) is 0 Å². The molecule has 0 aliphatic rings. The Kier molecular flexibility index (Phi) is 11.0. The van der Waals surface area contributed by atoms with Crippen LogP contribution in [-0.2, 0) is 25.6 Å². The molecule has 0 radical (unpaired) electrons. The summed E-state index contributed by atoms with van der Waals surface area (Å²) in [4.78, 5) is 55.4. The van der Waals surface area contributed by atoms with Crippen molar-refractivity contribution in [3.05, 3.63) is 18.2 Å². The monoisotopic (exact) mass is 458 g/mol. The number of hydrogen-bond acceptors (Lipinski definition) is 8. The lowest BCUT2D eigenvalue weighted by atomic mass is 10.0. The minimum absolute atomic E-state index is 0.00592. The van der Waals surface area contributed by atoms with Crippen molar-refractivity contribution in [2.45, 2.75) is 50.9 Å². The van der Waals surface area contributed by atoms with Gasteiger partial charge in [-0.25, -0.2) is 9.78 Å². The highest BCUT2D eigenvalue weighted by Crippen LogP contribution is 2.06. The highest BCUT2D eigenvalue weighted by molar-refractivity contribution is 7.80. The Morgan fingerprint density at radius 2 is 1.68 bits per heavy atom. The molecule has 13 heteroatoms. The Morgan fingerprint density at radius 3 is 2.16 bits per heavy atom. The largest absolute Gasteiger partial charge is 0.480 e. The summed E-state index contributed by atoms with van der Waals surface area (Å²) in [5.74, 6) is -3.42. The number of rotatable bonds is 13. The average molecular weight is 459 g/mol. The van der Waals surface area contributed by atoms with E-state index in [2.05, 4.69) is 38.5 Å². The molecule has 0 aromatic carbocycles. The molecule has 0 saturated carbocycles. The quantitative estimate of drug-likeness (QED) is 0.152. The van der Waals surface area contributed by atoms with Gasteiger partial charge in [0.25, 0.3) is 0 Å². The number of aliphatic carboxylic acids is 1. The van der Waals surface area contributed by atoms with Crippen molar-refractivity contribution < 1.29 is 29.4 Å². The zero-order chi connectivity index (χ0) is 23.6. The van der Waals surface area contributed by atoms with E-state index in [9.17, 15) is 29.4 Å². The summed E-state index contributed by atoms with van der Waals surface area (Å²) < 4.78 is 0. The van der Waals surface area contributed by atoms with Crippen LogP contribution in [-0.4, -0.2) is 80.4 Å². The van der Waals surface area contributed by atoms with Crippen LogP contribution in [0.1, 0.15) is 26.0 Å². The molecule has 0 aliphatic heterocycles. The fourth-order valence-corrected chi connectivity index (χ4v) is 2.78. The van der Waals surface area contributed by atoms with Crippen LogP contribution in [0.2, 0.25) is 0 Å². The highest BCUT2D eigenvalue weighted by atomic mass is 32.1. The van der Waals surface area contributed by atoms with Crippen molar-refractivity contribution in [1.82, 2.24) is 25.9 Å². The van der Waals surface area contributed by atoms with Gasteiger partial charge in [0.15, 0.2) is 0 Å². The number of H-pyrrole nitrogens is 1. The summed E-state index contributed by atoms with van der Waals surface area (Å²) in [6.45, 7) is 2.82. The van der Waals surface area contributed by atoms with Gasteiger partial charge in [0.1, 0.15) is 18.1 Å². The third-order valence-corrected chi connectivity index (χ3v) is 4.68. The Morgan fingerprint density at radius 1 is 1.10 bits per heavy atom. The number of aromatic nitrogens is 2. The lowest BCUT2D eigenvalue weighted by Gasteiger charge is -2.24. The van der Waals surface area contributed by atoms with Crippen LogP contribution in [0.25, 0.3) is 0 Å². The number of aliphatic hydroxyl groups is 1. The smallest absolute Gasteiger partial charge is 0.326 e. The number of aliphatic hydroxyl groups excluding tert-OH is 1. The number of nitrogens with zero attached hydrogens (tertiary/aromatic N) is 1. The second kappa shape index (κ2) is 12.9. The van der Waals surface area contributed by atoms with E-state index in [0.717, 1.165) is 0 Å². The van der Waals surface area contributed by atoms with E-state index in [0.29, 0.717) is 5.69 Å². The Bertz CT molecular complexity index is 744. The molecular formula is C18H30N6O6S. The third-order valence-electron chi connectivity index (χ3n) is 4.28. The first-order valence-corrected chi connectivity index (χ1v) is 10.3. The van der Waals surface area contributed by atoms with Crippen molar-refractivity contribution in [3.63, 3.8) is 0 Å². The van der Waals surface area contributed by atoms with Crippen LogP contribution in [0.5, 0.6) is 0 Å². The number of hydrogen-bond donors (Lipinski definition) is 8. The van der Waals surface area contributed by atoms with Gasteiger partial charge in [0.2, 0.25) is 17.7 Å². The molecule has 1 heterocycles. The number of carboxylic acids is 1. The molecular weight excluding hydrogens is 428 g/mol. The SMILES string of the molecule is CC(C)CC(NC(=O)C(CO)NC(=O)C(Cc1cnc[nH]1)NC(=O)C(N)CS)C(=O)O. The van der Waals surface area contributed by atoms with Gasteiger partial charge in [-0.1, -0.05) is 13.8 Å². The van der Waals surface area contributed by atoms with Crippen molar-refractivity contribution in [3.8, 4) is 0 Å². The van der Waals surface area contributed by atoms with Gasteiger partial charge in [0, 0.05) is 24.1 Å². The Balaban J connectivity index is 2.89. The minimum Gasteiger partial charge on any atom is -0.480 e. The standard InChI is InChI=1S/C18H30N6O6S/c1-9(2)3-13(18(29)30)23-17(28)14(6-25)24-16(27)12(4-10-5-20-8-21-10)22-15(26)11(19)7-31/h5,8-9,11-14,25,31H,3-4,6-7,19H2,1-2H3,(H,20,21)(H,22,26)(H,23,28)(H,24,27)(H,29,30). The van der Waals surface area contributed by atoms with Crippen LogP contribution in [0.4, 0.5) is 0 Å². The third kappa shape index (κ3) is 8.94. The maximum atomic E-state index is 12.8. The van der Waals surface area contributed by atoms with Crippen molar-refractivity contribution in [2.24, 2.45) is 11.7 Å². The number of carboxylic acid groups (broad SMARTS) is 1. The average Bonchev–Trinajstić information content (AvgIpc) is 3.22. The first-order valence-electron chi connectivity index (χ1n) is 9.67. The van der Waals surface area contributed by atoms with Crippen LogP contribution in [0.15, 0.2) is 12.5 Å². The number of imidazole rings is 1. The van der Waals surface area contributed by atoms with Gasteiger partial charge in [0.05, 0.1) is 19.0 Å². The van der Waals surface area contributed by atoms with E-state index in [4.69, 9.17) is 5.73 Å². The second-order valence-corrected chi connectivity index (χ2v) is 7.77. The zero-order valence-corrected chi connectivity index (χ0v) is 18.3. The maximum Gasteiger partial charge on any atom is 0.326 e. The van der Waals surface area contributed by atoms with E-state index in [-0.39, 0.29) is 24.5 Å². The lowest BCUT2D eigenvalue weighted by Crippen LogP contribution is -2.58. The minimum atomic E-state index is -1.42. The van der Waals surface area contributed by atoms with Crippen LogP contribution < -0.4 is 21.7 Å².